The quantitative estimate of drug-likeness (QED) is 0.0117. The van der Waals surface area contributed by atoms with Gasteiger partial charge in [0.2, 0.25) is 0 Å². The fourth-order valence-corrected chi connectivity index (χ4v) is 7.92. The topological polar surface area (TPSA) is 368 Å². The zero-order valence-corrected chi connectivity index (χ0v) is 63.2. The van der Waals surface area contributed by atoms with E-state index in [1.165, 1.54) is 121 Å². The molecule has 28 nitrogen and oxygen atoms in total. The maximum atomic E-state index is 12.2. The fourth-order valence-electron chi connectivity index (χ4n) is 7.92. The molecule has 0 unspecified atom stereocenters. The highest BCUT2D eigenvalue weighted by molar-refractivity contribution is 6.08. The van der Waals surface area contributed by atoms with Gasteiger partial charge in [-0.25, -0.2) is 67.1 Å². The highest BCUT2D eigenvalue weighted by Gasteiger charge is 2.22. The number of hydrogen-bond donors (Lipinski definition) is 0. The third-order valence-electron chi connectivity index (χ3n) is 12.9. The van der Waals surface area contributed by atoms with Crippen molar-refractivity contribution in [2.45, 2.75) is 0 Å². The molecule has 0 heterocycles. The first-order chi connectivity index (χ1) is 56.2. The van der Waals surface area contributed by atoms with Crippen molar-refractivity contribution in [3.63, 3.8) is 0 Å². The predicted molar refractivity (Wildman–Crippen MR) is 430 cm³/mol. The molecule has 7 rings (SSSR count). The maximum Gasteiger partial charge on any atom is 0.342 e. The van der Waals surface area contributed by atoms with Gasteiger partial charge in [0.1, 0.15) is 97.6 Å². The molecule has 0 amide bonds. The van der Waals surface area contributed by atoms with Crippen molar-refractivity contribution in [3.8, 4) is 40.2 Å². The molecule has 7 aromatic rings. The molecule has 0 saturated carbocycles. The van der Waals surface area contributed by atoms with E-state index in [1.54, 1.807) is 54.6 Å². The summed E-state index contributed by atoms with van der Waals surface area (Å²) in [6.45, 7) is 47.6. The monoisotopic (exact) mass is 1600 g/mol. The highest BCUT2D eigenvalue weighted by atomic mass is 16.6. The second kappa shape index (κ2) is 55.2. The number of ether oxygens (including phenoxy) is 14. The van der Waals surface area contributed by atoms with E-state index in [0.29, 0.717) is 22.3 Å². The van der Waals surface area contributed by atoms with Gasteiger partial charge in [-0.3, -0.25) is 0 Å². The van der Waals surface area contributed by atoms with Gasteiger partial charge in [0, 0.05) is 48.6 Å². The van der Waals surface area contributed by atoms with Crippen LogP contribution >= 0.6 is 0 Å². The molecule has 117 heavy (non-hydrogen) atoms. The van der Waals surface area contributed by atoms with Crippen molar-refractivity contribution in [1.82, 2.24) is 0 Å². The Kier molecular flexibility index (Phi) is 45.7. The molecular formula is C89H80O28. The van der Waals surface area contributed by atoms with Gasteiger partial charge < -0.3 is 66.3 Å². The lowest BCUT2D eigenvalue weighted by atomic mass is 10.0. The van der Waals surface area contributed by atoms with Gasteiger partial charge in [-0.15, -0.1) is 0 Å². The number of rotatable bonds is 35. The summed E-state index contributed by atoms with van der Waals surface area (Å²) in [6, 6.07) is 36.8. The lowest BCUT2D eigenvalue weighted by molar-refractivity contribution is -0.130. The van der Waals surface area contributed by atoms with Crippen molar-refractivity contribution < 1.29 is 133 Å². The van der Waals surface area contributed by atoms with Crippen LogP contribution in [0.25, 0.3) is 10.8 Å². The summed E-state index contributed by atoms with van der Waals surface area (Å²) in [7, 11) is 0. The number of carbonyl (C=O) groups is 14. The molecule has 0 aliphatic rings. The van der Waals surface area contributed by atoms with E-state index in [9.17, 15) is 67.1 Å². The molecule has 0 aliphatic carbocycles. The number of para-hydroxylation sites is 1. The SMILES string of the molecule is C=CCOC(=O)c1c(OC(=O)C=C)ccc2ccccc12.C=CCOC(=O)c1cc(OC(=O)C=C)cc(C(=O)OCC=C)c1.C=CCOC(=O)c1cc(OC(=O)C=C)cc(OC(=O)C=C)c1.C=CCOC(=O)c1ccc(OC(=O)C=C)cc1.C=CCOC(=O)c1cccc(OC(=O)C=C)c1.C=CCOC(=O)c1ccccc1OC(=O)C=C. The molecule has 0 spiro atoms. The number of carbonyl (C=O) groups excluding carboxylic acids is 14. The maximum absolute atomic E-state index is 12.2. The molecule has 0 atom stereocenters. The second-order valence-corrected chi connectivity index (χ2v) is 21.2. The van der Waals surface area contributed by atoms with Gasteiger partial charge in [-0.1, -0.05) is 183 Å². The minimum atomic E-state index is -0.730. The molecule has 0 aromatic heterocycles. The molecular weight excluding hydrogens is 1520 g/mol. The summed E-state index contributed by atoms with van der Waals surface area (Å²) in [5.74, 6) is -7.84. The van der Waals surface area contributed by atoms with Crippen LogP contribution in [0.2, 0.25) is 0 Å². The number of esters is 14. The summed E-state index contributed by atoms with van der Waals surface area (Å²) in [4.78, 5) is 160. The van der Waals surface area contributed by atoms with Gasteiger partial charge in [-0.2, -0.15) is 0 Å². The van der Waals surface area contributed by atoms with Crippen LogP contribution in [0.5, 0.6) is 40.2 Å². The molecule has 0 saturated heterocycles. The number of fused-ring (bicyclic) bond motifs is 1. The molecule has 0 bridgehead atoms. The summed E-state index contributed by atoms with van der Waals surface area (Å²) in [5, 5.41) is 1.50. The predicted octanol–water partition coefficient (Wildman–Crippen LogP) is 14.3. The highest BCUT2D eigenvalue weighted by Crippen LogP contribution is 2.30. The first kappa shape index (κ1) is 96.8. The first-order valence-corrected chi connectivity index (χ1v) is 33.7. The lowest BCUT2D eigenvalue weighted by Crippen LogP contribution is -2.11. The van der Waals surface area contributed by atoms with Gasteiger partial charge in [0.05, 0.1) is 27.8 Å². The summed E-state index contributed by atoms with van der Waals surface area (Å²) >= 11 is 0. The van der Waals surface area contributed by atoms with Crippen LogP contribution < -0.4 is 33.2 Å². The van der Waals surface area contributed by atoms with Crippen molar-refractivity contribution in [2.24, 2.45) is 0 Å². The van der Waals surface area contributed by atoms with Crippen LogP contribution in [0.3, 0.4) is 0 Å². The van der Waals surface area contributed by atoms with E-state index in [0.717, 1.165) is 47.9 Å². The van der Waals surface area contributed by atoms with E-state index in [4.69, 9.17) is 66.3 Å². The summed E-state index contributed by atoms with van der Waals surface area (Å²) in [5.41, 5.74) is 1.20. The van der Waals surface area contributed by atoms with Crippen LogP contribution in [-0.4, -0.2) is 130 Å². The van der Waals surface area contributed by atoms with Crippen molar-refractivity contribution in [3.05, 3.63) is 362 Å². The number of hydrogen-bond acceptors (Lipinski definition) is 28. The Morgan fingerprint density at radius 1 is 0.231 bits per heavy atom. The summed E-state index contributed by atoms with van der Waals surface area (Å²) in [6.07, 6.45) is 17.1. The molecule has 0 fully saturated rings. The molecule has 0 N–H and O–H groups in total. The zero-order chi connectivity index (χ0) is 87.0. The smallest absolute Gasteiger partial charge is 0.342 e. The third kappa shape index (κ3) is 36.9. The molecule has 7 aromatic carbocycles. The summed E-state index contributed by atoms with van der Waals surface area (Å²) < 4.78 is 68.8. The van der Waals surface area contributed by atoms with E-state index in [2.05, 4.69) is 92.1 Å². The molecule has 604 valence electrons. The Morgan fingerprint density at radius 2 is 0.547 bits per heavy atom. The van der Waals surface area contributed by atoms with E-state index < -0.39 is 83.6 Å². The zero-order valence-electron chi connectivity index (χ0n) is 63.2. The van der Waals surface area contributed by atoms with Crippen molar-refractivity contribution in [1.29, 1.82) is 0 Å². The molecule has 0 radical (unpaired) electrons. The first-order valence-electron chi connectivity index (χ1n) is 33.7. The minimum absolute atomic E-state index is 0.00446. The van der Waals surface area contributed by atoms with Crippen LogP contribution in [0.15, 0.2) is 323 Å². The Morgan fingerprint density at radius 3 is 0.966 bits per heavy atom. The van der Waals surface area contributed by atoms with E-state index in [1.807, 2.05) is 12.1 Å². The van der Waals surface area contributed by atoms with Gasteiger partial charge in [0.15, 0.2) is 0 Å². The Balaban J connectivity index is 0.000000478. The normalized spacial score (nSPS) is 9.37. The van der Waals surface area contributed by atoms with Gasteiger partial charge >= 0.3 is 83.6 Å². The van der Waals surface area contributed by atoms with Crippen LogP contribution in [0.4, 0.5) is 0 Å². The Bertz CT molecular complexity index is 4790. The van der Waals surface area contributed by atoms with Crippen LogP contribution in [0.1, 0.15) is 72.5 Å². The van der Waals surface area contributed by atoms with E-state index >= 15 is 0 Å². The molecule has 28 heteroatoms. The average Bonchev–Trinajstić information content (AvgIpc) is 0.792. The molecule has 0 aliphatic heterocycles. The van der Waals surface area contributed by atoms with Crippen molar-refractivity contribution >= 4 is 94.3 Å². The number of benzene rings is 7. The van der Waals surface area contributed by atoms with Crippen LogP contribution in [0, 0.1) is 0 Å². The van der Waals surface area contributed by atoms with Crippen LogP contribution in [-0.2, 0) is 66.7 Å². The van der Waals surface area contributed by atoms with Crippen molar-refractivity contribution in [2.75, 3.05) is 46.2 Å². The standard InChI is InChI=1S/C17H16O6.C17H14O4.C16H14O6.3C13H12O4/c1-4-7-21-16(19)12-9-13(17(20)22-8-5-2)11-14(10-12)23-15(18)6-3;1-3-11-20-17(19)16-13-8-6-5-7-12(13)9-10-14(16)21-15(18)4-2;1-4-7-20-16(19)11-8-12(21-14(17)5-2)10-13(9-11)22-15(18)6-3;1-3-9-16-13(15)10-5-7-11(8-6-10)17-12(14)4-2;1-3-9-16-13(15)10-7-5-6-8-11(10)17-12(14)4-2;1-3-8-16-13(15)10-6-5-7-11(9-10)17-12(14)4-2/h4-6,9-11H,1-3,7-8H2;3-10H,1-2,11H2;4-6,8-10H,1-3,7H2;2*3-8H,1-2,9H2;3-7,9H,1-2,8H2. The largest absolute Gasteiger partial charge is 0.458 e. The van der Waals surface area contributed by atoms with E-state index in [-0.39, 0.29) is 109 Å². The lowest BCUT2D eigenvalue weighted by Gasteiger charge is -2.11. The van der Waals surface area contributed by atoms with Gasteiger partial charge in [-0.05, 0) is 102 Å². The van der Waals surface area contributed by atoms with Gasteiger partial charge in [0.25, 0.3) is 0 Å². The average molecular weight is 1600 g/mol. The second-order valence-electron chi connectivity index (χ2n) is 21.2. The Labute approximate surface area is 673 Å². The third-order valence-corrected chi connectivity index (χ3v) is 12.9. The Hall–Kier alpha value is -16.3. The fraction of sp³-hybridized carbons (Fsp3) is 0.0787. The minimum Gasteiger partial charge on any atom is -0.458 e.